The van der Waals surface area contributed by atoms with Crippen LogP contribution in [0, 0.1) is 0 Å². The Bertz CT molecular complexity index is 305. The van der Waals surface area contributed by atoms with Crippen molar-refractivity contribution in [3.63, 3.8) is 0 Å². The van der Waals surface area contributed by atoms with Gasteiger partial charge in [0.2, 0.25) is 0 Å². The number of aromatic nitrogens is 1. The summed E-state index contributed by atoms with van der Waals surface area (Å²) in [5, 5.41) is 8.82. The lowest BCUT2D eigenvalue weighted by atomic mass is 10.1. The fraction of sp³-hybridized carbons (Fsp3) is 0.375. The molecule has 0 radical (unpaired) electrons. The quantitative estimate of drug-likeness (QED) is 0.669. The summed E-state index contributed by atoms with van der Waals surface area (Å²) in [5.74, 6) is 0.0823. The van der Waals surface area contributed by atoms with Crippen molar-refractivity contribution in [2.24, 2.45) is 5.73 Å². The Kier molecular flexibility index (Phi) is 3.32. The third-order valence-electron chi connectivity index (χ3n) is 1.83. The van der Waals surface area contributed by atoms with Gasteiger partial charge < -0.3 is 16.6 Å². The van der Waals surface area contributed by atoms with Gasteiger partial charge in [-0.3, -0.25) is 0 Å². The van der Waals surface area contributed by atoms with E-state index in [1.165, 1.54) is 6.07 Å². The van der Waals surface area contributed by atoms with Crippen LogP contribution >= 0.6 is 0 Å². The molecule has 0 aliphatic heterocycles. The molecule has 0 saturated carbocycles. The lowest BCUT2D eigenvalue weighted by Gasteiger charge is -2.11. The zero-order chi connectivity index (χ0) is 10.7. The second-order valence-corrected chi connectivity index (χ2v) is 2.73. The number of pyridine rings is 1. The van der Waals surface area contributed by atoms with Crippen LogP contribution in [-0.2, 0) is 13.2 Å². The lowest BCUT2D eigenvalue weighted by molar-refractivity contribution is 0.145. The number of nitrogens with two attached hydrogens (primary N) is 2. The minimum Gasteiger partial charge on any atom is -0.390 e. The highest BCUT2D eigenvalue weighted by Crippen LogP contribution is 2.26. The van der Waals surface area contributed by atoms with Gasteiger partial charge in [-0.15, -0.1) is 0 Å². The molecule has 4 nitrogen and oxygen atoms in total. The Morgan fingerprint density at radius 1 is 1.50 bits per heavy atom. The summed E-state index contributed by atoms with van der Waals surface area (Å²) < 4.78 is 25.1. The van der Waals surface area contributed by atoms with E-state index < -0.39 is 13.0 Å². The number of alkyl halides is 2. The molecule has 1 heterocycles. The van der Waals surface area contributed by atoms with Crippen molar-refractivity contribution >= 4 is 5.82 Å². The predicted molar refractivity (Wildman–Crippen MR) is 47.4 cm³/mol. The van der Waals surface area contributed by atoms with E-state index in [-0.39, 0.29) is 29.2 Å². The number of rotatable bonds is 3. The average molecular weight is 203 g/mol. The number of aliphatic hydroxyl groups excluding tert-OH is 1. The zero-order valence-corrected chi connectivity index (χ0v) is 7.37. The van der Waals surface area contributed by atoms with Crippen molar-refractivity contribution in [1.82, 2.24) is 4.98 Å². The average Bonchev–Trinajstić information content (AvgIpc) is 2.15. The number of anilines is 1. The van der Waals surface area contributed by atoms with Crippen LogP contribution in [0.3, 0.4) is 0 Å². The summed E-state index contributed by atoms with van der Waals surface area (Å²) in [5.41, 5.74) is 10.4. The molecule has 0 aliphatic rings. The molecule has 0 fully saturated rings. The molecule has 1 aromatic heterocycles. The number of nitrogens with zero attached hydrogens (tertiary/aromatic N) is 1. The van der Waals surface area contributed by atoms with E-state index in [0.29, 0.717) is 0 Å². The zero-order valence-electron chi connectivity index (χ0n) is 7.37. The second-order valence-electron chi connectivity index (χ2n) is 2.73. The molecule has 1 rings (SSSR count). The van der Waals surface area contributed by atoms with Gasteiger partial charge in [0, 0.05) is 12.1 Å². The fourth-order valence-corrected chi connectivity index (χ4v) is 1.25. The third-order valence-corrected chi connectivity index (χ3v) is 1.83. The van der Waals surface area contributed by atoms with Crippen molar-refractivity contribution in [3.8, 4) is 0 Å². The maximum atomic E-state index is 12.5. The van der Waals surface area contributed by atoms with E-state index in [2.05, 4.69) is 4.98 Å². The monoisotopic (exact) mass is 203 g/mol. The topological polar surface area (TPSA) is 85.2 Å². The number of aliphatic hydroxyl groups is 1. The molecule has 0 bridgehead atoms. The van der Waals surface area contributed by atoms with E-state index in [1.807, 2.05) is 0 Å². The first-order valence-corrected chi connectivity index (χ1v) is 3.97. The first kappa shape index (κ1) is 10.8. The van der Waals surface area contributed by atoms with Gasteiger partial charge in [-0.1, -0.05) is 0 Å². The van der Waals surface area contributed by atoms with Crippen LogP contribution in [0.1, 0.15) is 23.2 Å². The van der Waals surface area contributed by atoms with E-state index in [1.54, 1.807) is 0 Å². The number of hydrogen-bond acceptors (Lipinski definition) is 4. The number of hydrogen-bond donors (Lipinski definition) is 3. The summed E-state index contributed by atoms with van der Waals surface area (Å²) in [7, 11) is 0. The SMILES string of the molecule is NCc1cc(N)nc(CO)c1C(F)F. The summed E-state index contributed by atoms with van der Waals surface area (Å²) in [4.78, 5) is 3.61. The van der Waals surface area contributed by atoms with Gasteiger partial charge in [0.05, 0.1) is 12.3 Å². The van der Waals surface area contributed by atoms with Gasteiger partial charge in [-0.2, -0.15) is 0 Å². The molecule has 0 spiro atoms. The fourth-order valence-electron chi connectivity index (χ4n) is 1.25. The molecule has 0 unspecified atom stereocenters. The van der Waals surface area contributed by atoms with Crippen molar-refractivity contribution < 1.29 is 13.9 Å². The predicted octanol–water partition coefficient (Wildman–Crippen LogP) is 0.552. The first-order chi connectivity index (χ1) is 6.60. The highest BCUT2D eigenvalue weighted by Gasteiger charge is 2.18. The lowest BCUT2D eigenvalue weighted by Crippen LogP contribution is -2.09. The highest BCUT2D eigenvalue weighted by molar-refractivity contribution is 5.41. The van der Waals surface area contributed by atoms with Crippen molar-refractivity contribution in [2.45, 2.75) is 19.6 Å². The minimum absolute atomic E-state index is 0.0562. The van der Waals surface area contributed by atoms with Crippen LogP contribution in [0.15, 0.2) is 6.07 Å². The molecule has 0 amide bonds. The van der Waals surface area contributed by atoms with Gasteiger partial charge >= 0.3 is 0 Å². The van der Waals surface area contributed by atoms with E-state index in [4.69, 9.17) is 16.6 Å². The van der Waals surface area contributed by atoms with Gasteiger partial charge in [-0.25, -0.2) is 13.8 Å². The van der Waals surface area contributed by atoms with Crippen molar-refractivity contribution in [1.29, 1.82) is 0 Å². The summed E-state index contributed by atoms with van der Waals surface area (Å²) in [6.07, 6.45) is -2.70. The second kappa shape index (κ2) is 4.30. The Morgan fingerprint density at radius 2 is 2.14 bits per heavy atom. The van der Waals surface area contributed by atoms with Crippen LogP contribution in [0.5, 0.6) is 0 Å². The van der Waals surface area contributed by atoms with Crippen molar-refractivity contribution in [2.75, 3.05) is 5.73 Å². The van der Waals surface area contributed by atoms with Crippen LogP contribution in [0.4, 0.5) is 14.6 Å². The summed E-state index contributed by atoms with van der Waals surface area (Å²) in [6.45, 7) is -0.628. The van der Waals surface area contributed by atoms with E-state index >= 15 is 0 Å². The minimum atomic E-state index is -2.70. The molecule has 5 N–H and O–H groups in total. The molecule has 1 aromatic rings. The van der Waals surface area contributed by atoms with Crippen LogP contribution in [0.25, 0.3) is 0 Å². The smallest absolute Gasteiger partial charge is 0.266 e. The van der Waals surface area contributed by atoms with Gasteiger partial charge in [0.15, 0.2) is 0 Å². The Hall–Kier alpha value is -1.27. The maximum absolute atomic E-state index is 12.5. The molecule has 6 heteroatoms. The largest absolute Gasteiger partial charge is 0.390 e. The Morgan fingerprint density at radius 3 is 2.57 bits per heavy atom. The van der Waals surface area contributed by atoms with Crippen LogP contribution in [-0.4, -0.2) is 10.1 Å². The maximum Gasteiger partial charge on any atom is 0.266 e. The third kappa shape index (κ3) is 1.97. The molecule has 0 atom stereocenters. The highest BCUT2D eigenvalue weighted by atomic mass is 19.3. The first-order valence-electron chi connectivity index (χ1n) is 3.97. The van der Waals surface area contributed by atoms with Gasteiger partial charge in [0.1, 0.15) is 5.82 Å². The summed E-state index contributed by atoms with van der Waals surface area (Å²) >= 11 is 0. The number of halogens is 2. The van der Waals surface area contributed by atoms with Crippen molar-refractivity contribution in [3.05, 3.63) is 22.9 Å². The molecular formula is C8H11F2N3O. The molecule has 0 aromatic carbocycles. The van der Waals surface area contributed by atoms with E-state index in [9.17, 15) is 8.78 Å². The molecule has 0 saturated heterocycles. The van der Waals surface area contributed by atoms with Crippen LogP contribution < -0.4 is 11.5 Å². The van der Waals surface area contributed by atoms with Crippen LogP contribution in [0.2, 0.25) is 0 Å². The van der Waals surface area contributed by atoms with Gasteiger partial charge in [0.25, 0.3) is 6.43 Å². The molecular weight excluding hydrogens is 192 g/mol. The standard InChI is InChI=1S/C8H11F2N3O/c9-8(10)7-4(2-11)1-6(12)13-5(7)3-14/h1,8,14H,2-3,11H2,(H2,12,13). The summed E-state index contributed by atoms with van der Waals surface area (Å²) in [6, 6.07) is 1.29. The van der Waals surface area contributed by atoms with Gasteiger partial charge in [-0.05, 0) is 11.6 Å². The number of nitrogen functional groups attached to an aromatic ring is 1. The molecule has 78 valence electrons. The normalized spacial score (nSPS) is 10.9. The molecule has 14 heavy (non-hydrogen) atoms. The van der Waals surface area contributed by atoms with E-state index in [0.717, 1.165) is 0 Å². The Balaban J connectivity index is 3.33. The molecule has 0 aliphatic carbocycles. The Labute approximate surface area is 79.6 Å².